The molecule has 0 unspecified atom stereocenters. The SMILES string of the molecule is Nc1c2c(-c3ccc(F)c(Cl)c3)nc(NCCc3ccccn3)nc2nn1-c1ccccc1Cl. The number of hydrogen-bond donors (Lipinski definition) is 2. The highest BCUT2D eigenvalue weighted by atomic mass is 35.5. The largest absolute Gasteiger partial charge is 0.383 e. The van der Waals surface area contributed by atoms with Crippen LogP contribution in [0.5, 0.6) is 0 Å². The van der Waals surface area contributed by atoms with Gasteiger partial charge in [-0.05, 0) is 42.5 Å². The second-order valence-electron chi connectivity index (χ2n) is 7.47. The third-order valence-electron chi connectivity index (χ3n) is 5.23. The molecule has 170 valence electrons. The minimum atomic E-state index is -0.524. The van der Waals surface area contributed by atoms with E-state index in [2.05, 4.69) is 25.4 Å². The summed E-state index contributed by atoms with van der Waals surface area (Å²) >= 11 is 12.4. The van der Waals surface area contributed by atoms with Crippen LogP contribution in [0, 0.1) is 5.82 Å². The highest BCUT2D eigenvalue weighted by Crippen LogP contribution is 2.35. The zero-order chi connectivity index (χ0) is 23.7. The van der Waals surface area contributed by atoms with Crippen molar-refractivity contribution in [2.75, 3.05) is 17.6 Å². The van der Waals surface area contributed by atoms with Gasteiger partial charge in [-0.3, -0.25) is 4.98 Å². The Morgan fingerprint density at radius 1 is 0.971 bits per heavy atom. The summed E-state index contributed by atoms with van der Waals surface area (Å²) in [7, 11) is 0. The van der Waals surface area contributed by atoms with Gasteiger partial charge in [0.05, 0.1) is 26.8 Å². The molecule has 7 nitrogen and oxygen atoms in total. The van der Waals surface area contributed by atoms with Gasteiger partial charge in [0.25, 0.3) is 0 Å². The Morgan fingerprint density at radius 2 is 1.79 bits per heavy atom. The van der Waals surface area contributed by atoms with Crippen molar-refractivity contribution in [3.05, 3.63) is 88.4 Å². The van der Waals surface area contributed by atoms with E-state index >= 15 is 0 Å². The number of hydrogen-bond acceptors (Lipinski definition) is 6. The molecule has 0 aliphatic heterocycles. The van der Waals surface area contributed by atoms with E-state index in [4.69, 9.17) is 28.9 Å². The van der Waals surface area contributed by atoms with Crippen molar-refractivity contribution in [1.29, 1.82) is 0 Å². The molecule has 0 bridgehead atoms. The summed E-state index contributed by atoms with van der Waals surface area (Å²) in [6, 6.07) is 17.3. The molecule has 2 aromatic carbocycles. The van der Waals surface area contributed by atoms with Gasteiger partial charge in [-0.1, -0.05) is 41.4 Å². The van der Waals surface area contributed by atoms with E-state index in [1.807, 2.05) is 30.3 Å². The molecule has 0 saturated carbocycles. The number of nitrogens with two attached hydrogens (primary N) is 1. The van der Waals surface area contributed by atoms with E-state index in [0.29, 0.717) is 57.7 Å². The van der Waals surface area contributed by atoms with Crippen LogP contribution in [-0.4, -0.2) is 31.3 Å². The summed E-state index contributed by atoms with van der Waals surface area (Å²) < 4.78 is 15.4. The number of aromatic nitrogens is 5. The van der Waals surface area contributed by atoms with Crippen molar-refractivity contribution >= 4 is 46.0 Å². The van der Waals surface area contributed by atoms with E-state index in [9.17, 15) is 4.39 Å². The molecule has 5 aromatic rings. The first-order chi connectivity index (χ1) is 16.5. The number of halogens is 3. The van der Waals surface area contributed by atoms with Crippen LogP contribution in [0.25, 0.3) is 28.0 Å². The van der Waals surface area contributed by atoms with Gasteiger partial charge in [0.2, 0.25) is 5.95 Å². The first-order valence-electron chi connectivity index (χ1n) is 10.4. The Bertz CT molecular complexity index is 1490. The van der Waals surface area contributed by atoms with E-state index in [-0.39, 0.29) is 5.02 Å². The van der Waals surface area contributed by atoms with Gasteiger partial charge in [-0.15, -0.1) is 5.10 Å². The number of nitrogen functional groups attached to an aromatic ring is 1. The first-order valence-corrected chi connectivity index (χ1v) is 11.2. The summed E-state index contributed by atoms with van der Waals surface area (Å²) in [5, 5.41) is 8.78. The molecule has 0 atom stereocenters. The number of nitrogens with one attached hydrogen (secondary N) is 1. The van der Waals surface area contributed by atoms with E-state index < -0.39 is 5.82 Å². The average Bonchev–Trinajstić information content (AvgIpc) is 3.17. The molecular formula is C24H18Cl2FN7. The number of pyridine rings is 1. The van der Waals surface area contributed by atoms with Crippen LogP contribution in [0.4, 0.5) is 16.2 Å². The summed E-state index contributed by atoms with van der Waals surface area (Å²) in [5.41, 5.74) is 9.46. The zero-order valence-corrected chi connectivity index (χ0v) is 19.2. The Hall–Kier alpha value is -3.75. The molecule has 0 spiro atoms. The highest BCUT2D eigenvalue weighted by molar-refractivity contribution is 6.32. The van der Waals surface area contributed by atoms with Crippen LogP contribution in [0.2, 0.25) is 10.0 Å². The Morgan fingerprint density at radius 3 is 2.56 bits per heavy atom. The van der Waals surface area contributed by atoms with Crippen LogP contribution >= 0.6 is 23.2 Å². The van der Waals surface area contributed by atoms with Crippen molar-refractivity contribution in [3.63, 3.8) is 0 Å². The third kappa shape index (κ3) is 4.25. The minimum absolute atomic E-state index is 0.0222. The molecular weight excluding hydrogens is 476 g/mol. The van der Waals surface area contributed by atoms with Gasteiger partial charge in [0.1, 0.15) is 11.6 Å². The lowest BCUT2D eigenvalue weighted by Gasteiger charge is -2.09. The fourth-order valence-electron chi connectivity index (χ4n) is 3.60. The van der Waals surface area contributed by atoms with Crippen LogP contribution in [0.15, 0.2) is 66.9 Å². The maximum Gasteiger partial charge on any atom is 0.225 e. The number of benzene rings is 2. The molecule has 3 aromatic heterocycles. The number of nitrogens with zero attached hydrogens (tertiary/aromatic N) is 5. The molecule has 5 rings (SSSR count). The zero-order valence-electron chi connectivity index (χ0n) is 17.7. The number of rotatable bonds is 6. The quantitative estimate of drug-likeness (QED) is 0.321. The summed E-state index contributed by atoms with van der Waals surface area (Å²) in [5.74, 6) is 0.130. The van der Waals surface area contributed by atoms with Gasteiger partial charge in [0.15, 0.2) is 5.65 Å². The number of para-hydroxylation sites is 1. The average molecular weight is 494 g/mol. The molecule has 0 radical (unpaired) electrons. The van der Waals surface area contributed by atoms with Gasteiger partial charge >= 0.3 is 0 Å². The van der Waals surface area contributed by atoms with E-state index in [0.717, 1.165) is 5.69 Å². The Balaban J connectivity index is 1.61. The van der Waals surface area contributed by atoms with Gasteiger partial charge in [0, 0.05) is 30.4 Å². The highest BCUT2D eigenvalue weighted by Gasteiger charge is 2.20. The summed E-state index contributed by atoms with van der Waals surface area (Å²) in [6.45, 7) is 0.548. The third-order valence-corrected chi connectivity index (χ3v) is 5.84. The van der Waals surface area contributed by atoms with Crippen molar-refractivity contribution in [2.24, 2.45) is 0 Å². The lowest BCUT2D eigenvalue weighted by molar-refractivity contribution is 0.628. The standard InChI is InChI=1S/C24H18Cl2FN7/c25-16-6-1-2-7-19(16)34-22(28)20-21(14-8-9-18(27)17(26)13-14)31-24(32-23(20)33-34)30-12-10-15-5-3-4-11-29-15/h1-9,11,13H,10,12,28H2,(H,30,32,33). The molecule has 0 fully saturated rings. The van der Waals surface area contributed by atoms with Crippen molar-refractivity contribution in [1.82, 2.24) is 24.7 Å². The van der Waals surface area contributed by atoms with Crippen molar-refractivity contribution < 1.29 is 4.39 Å². The number of fused-ring (bicyclic) bond motifs is 1. The smallest absolute Gasteiger partial charge is 0.225 e. The van der Waals surface area contributed by atoms with Crippen molar-refractivity contribution in [3.8, 4) is 16.9 Å². The first kappa shape index (κ1) is 22.1. The molecule has 34 heavy (non-hydrogen) atoms. The van der Waals surface area contributed by atoms with Crippen LogP contribution < -0.4 is 11.1 Å². The van der Waals surface area contributed by atoms with Crippen LogP contribution in [0.1, 0.15) is 5.69 Å². The fraction of sp³-hybridized carbons (Fsp3) is 0.0833. The lowest BCUT2D eigenvalue weighted by atomic mass is 10.1. The molecule has 3 heterocycles. The summed E-state index contributed by atoms with van der Waals surface area (Å²) in [6.07, 6.45) is 2.43. The molecule has 0 aliphatic rings. The molecule has 0 aliphatic carbocycles. The Labute approximate surface area is 204 Å². The van der Waals surface area contributed by atoms with E-state index in [1.165, 1.54) is 16.8 Å². The molecule has 10 heteroatoms. The van der Waals surface area contributed by atoms with Gasteiger partial charge in [-0.25, -0.2) is 14.1 Å². The summed E-state index contributed by atoms with van der Waals surface area (Å²) in [4.78, 5) is 13.6. The number of anilines is 2. The van der Waals surface area contributed by atoms with Gasteiger partial charge < -0.3 is 11.1 Å². The van der Waals surface area contributed by atoms with Gasteiger partial charge in [-0.2, -0.15) is 4.98 Å². The maximum atomic E-state index is 13.8. The lowest BCUT2D eigenvalue weighted by Crippen LogP contribution is -2.09. The molecule has 3 N–H and O–H groups in total. The molecule has 0 saturated heterocycles. The minimum Gasteiger partial charge on any atom is -0.383 e. The normalized spacial score (nSPS) is 11.1. The van der Waals surface area contributed by atoms with Crippen molar-refractivity contribution in [2.45, 2.75) is 6.42 Å². The second kappa shape index (κ2) is 9.24. The second-order valence-corrected chi connectivity index (χ2v) is 8.28. The van der Waals surface area contributed by atoms with Crippen LogP contribution in [-0.2, 0) is 6.42 Å². The predicted octanol–water partition coefficient (Wildman–Crippen LogP) is 5.56. The van der Waals surface area contributed by atoms with E-state index in [1.54, 1.807) is 24.4 Å². The maximum absolute atomic E-state index is 13.8. The topological polar surface area (TPSA) is 94.5 Å². The monoisotopic (exact) mass is 493 g/mol. The predicted molar refractivity (Wildman–Crippen MR) is 133 cm³/mol. The Kier molecular flexibility index (Phi) is 6.00. The molecule has 0 amide bonds. The fourth-order valence-corrected chi connectivity index (χ4v) is 3.99. The van der Waals surface area contributed by atoms with Crippen LogP contribution in [0.3, 0.4) is 0 Å².